The Labute approximate surface area is 184 Å². The number of anilines is 2. The van der Waals surface area contributed by atoms with E-state index in [-0.39, 0.29) is 18.7 Å². The van der Waals surface area contributed by atoms with E-state index < -0.39 is 24.3 Å². The quantitative estimate of drug-likeness (QED) is 0.481. The number of halogens is 1. The summed E-state index contributed by atoms with van der Waals surface area (Å²) >= 11 is 0. The number of amides is 2. The molecule has 0 aromatic heterocycles. The predicted molar refractivity (Wildman–Crippen MR) is 117 cm³/mol. The van der Waals surface area contributed by atoms with E-state index in [1.165, 1.54) is 24.3 Å². The lowest BCUT2D eigenvalue weighted by molar-refractivity contribution is -0.147. The van der Waals surface area contributed by atoms with E-state index in [9.17, 15) is 18.8 Å². The molecule has 0 aliphatic carbocycles. The van der Waals surface area contributed by atoms with Crippen molar-refractivity contribution < 1.29 is 28.2 Å². The first-order valence-corrected chi connectivity index (χ1v) is 9.82. The molecule has 0 saturated carbocycles. The number of esters is 1. The minimum atomic E-state index is -0.680. The second-order valence-corrected chi connectivity index (χ2v) is 6.70. The fraction of sp³-hybridized carbons (Fsp3) is 0.125. The Bertz CT molecular complexity index is 1050. The molecule has 0 spiro atoms. The van der Waals surface area contributed by atoms with Gasteiger partial charge in [-0.25, -0.2) is 4.39 Å². The maximum atomic E-state index is 12.8. The molecule has 0 atom stereocenters. The van der Waals surface area contributed by atoms with Gasteiger partial charge in [-0.2, -0.15) is 0 Å². The van der Waals surface area contributed by atoms with Crippen LogP contribution in [0.3, 0.4) is 0 Å². The van der Waals surface area contributed by atoms with E-state index in [1.807, 2.05) is 30.3 Å². The number of ether oxygens (including phenoxy) is 2. The van der Waals surface area contributed by atoms with Crippen LogP contribution in [-0.4, -0.2) is 24.4 Å². The number of hydrogen-bond donors (Lipinski definition) is 2. The molecule has 0 radical (unpaired) electrons. The molecule has 0 bridgehead atoms. The average molecular weight is 436 g/mol. The summed E-state index contributed by atoms with van der Waals surface area (Å²) in [5.41, 5.74) is 0.939. The topological polar surface area (TPSA) is 93.7 Å². The van der Waals surface area contributed by atoms with Crippen LogP contribution in [0.5, 0.6) is 11.5 Å². The molecule has 32 heavy (non-hydrogen) atoms. The fourth-order valence-corrected chi connectivity index (χ4v) is 2.62. The first-order chi connectivity index (χ1) is 15.5. The van der Waals surface area contributed by atoms with Crippen LogP contribution in [0.25, 0.3) is 0 Å². The van der Waals surface area contributed by atoms with Crippen molar-refractivity contribution in [3.05, 3.63) is 84.7 Å². The number of hydrogen-bond acceptors (Lipinski definition) is 5. The summed E-state index contributed by atoms with van der Waals surface area (Å²) in [4.78, 5) is 35.6. The van der Waals surface area contributed by atoms with Gasteiger partial charge in [-0.15, -0.1) is 0 Å². The molecule has 2 N–H and O–H groups in total. The Morgan fingerprint density at radius 2 is 1.25 bits per heavy atom. The van der Waals surface area contributed by atoms with Gasteiger partial charge in [0, 0.05) is 17.8 Å². The first-order valence-electron chi connectivity index (χ1n) is 9.82. The normalized spacial score (nSPS) is 10.2. The highest BCUT2D eigenvalue weighted by Gasteiger charge is 2.11. The zero-order valence-electron chi connectivity index (χ0n) is 17.0. The highest BCUT2D eigenvalue weighted by molar-refractivity contribution is 5.94. The number of carbonyl (C=O) groups excluding carboxylic acids is 3. The van der Waals surface area contributed by atoms with E-state index in [0.29, 0.717) is 22.9 Å². The van der Waals surface area contributed by atoms with Crippen molar-refractivity contribution in [2.45, 2.75) is 12.8 Å². The smallest absolute Gasteiger partial charge is 0.306 e. The third-order valence-electron chi connectivity index (χ3n) is 4.17. The maximum Gasteiger partial charge on any atom is 0.306 e. The SMILES string of the molecule is O=C(CCC(=O)OCC(=O)Nc1ccc(F)cc1)Nc1ccc(Oc2ccccc2)cc1. The van der Waals surface area contributed by atoms with Gasteiger partial charge in [0.25, 0.3) is 5.91 Å². The number of carbonyl (C=O) groups is 3. The Hall–Kier alpha value is -4.20. The van der Waals surface area contributed by atoms with Crippen LogP contribution in [-0.2, 0) is 19.1 Å². The molecule has 0 fully saturated rings. The van der Waals surface area contributed by atoms with Crippen molar-refractivity contribution in [2.24, 2.45) is 0 Å². The molecule has 0 aliphatic rings. The van der Waals surface area contributed by atoms with Crippen LogP contribution in [0, 0.1) is 5.82 Å². The lowest BCUT2D eigenvalue weighted by atomic mass is 10.2. The van der Waals surface area contributed by atoms with Crippen LogP contribution in [0.2, 0.25) is 0 Å². The van der Waals surface area contributed by atoms with Crippen LogP contribution in [0.1, 0.15) is 12.8 Å². The summed E-state index contributed by atoms with van der Waals surface area (Å²) in [6.45, 7) is -0.499. The third-order valence-corrected chi connectivity index (χ3v) is 4.17. The van der Waals surface area contributed by atoms with E-state index in [0.717, 1.165) is 0 Å². The van der Waals surface area contributed by atoms with Gasteiger partial charge in [0.2, 0.25) is 5.91 Å². The van der Waals surface area contributed by atoms with Crippen molar-refractivity contribution >= 4 is 29.2 Å². The maximum absolute atomic E-state index is 12.8. The van der Waals surface area contributed by atoms with E-state index >= 15 is 0 Å². The summed E-state index contributed by atoms with van der Waals surface area (Å²) < 4.78 is 23.4. The van der Waals surface area contributed by atoms with Gasteiger partial charge < -0.3 is 20.1 Å². The van der Waals surface area contributed by atoms with Gasteiger partial charge in [-0.3, -0.25) is 14.4 Å². The minimum absolute atomic E-state index is 0.0965. The van der Waals surface area contributed by atoms with E-state index in [2.05, 4.69) is 10.6 Å². The molecule has 0 aliphatic heterocycles. The Morgan fingerprint density at radius 1 is 0.688 bits per heavy atom. The third kappa shape index (κ3) is 7.56. The van der Waals surface area contributed by atoms with Crippen LogP contribution >= 0.6 is 0 Å². The molecule has 0 heterocycles. The highest BCUT2D eigenvalue weighted by atomic mass is 19.1. The molecule has 2 amide bonds. The fourth-order valence-electron chi connectivity index (χ4n) is 2.62. The van der Waals surface area contributed by atoms with E-state index in [1.54, 1.807) is 24.3 Å². The van der Waals surface area contributed by atoms with Gasteiger partial charge >= 0.3 is 5.97 Å². The zero-order chi connectivity index (χ0) is 22.8. The number of rotatable bonds is 9. The van der Waals surface area contributed by atoms with Crippen molar-refractivity contribution in [3.63, 3.8) is 0 Å². The largest absolute Gasteiger partial charge is 0.457 e. The molecule has 7 nitrogen and oxygen atoms in total. The Morgan fingerprint density at radius 3 is 1.91 bits per heavy atom. The zero-order valence-corrected chi connectivity index (χ0v) is 17.0. The summed E-state index contributed by atoms with van der Waals surface area (Å²) in [5.74, 6) is -0.710. The van der Waals surface area contributed by atoms with Crippen molar-refractivity contribution in [3.8, 4) is 11.5 Å². The van der Waals surface area contributed by atoms with Crippen LogP contribution in [0.4, 0.5) is 15.8 Å². The molecule has 3 aromatic carbocycles. The summed E-state index contributed by atoms with van der Waals surface area (Å²) in [6.07, 6.45) is -0.272. The summed E-state index contributed by atoms with van der Waals surface area (Å²) in [6, 6.07) is 21.3. The van der Waals surface area contributed by atoms with Gasteiger partial charge in [0.1, 0.15) is 17.3 Å². The second-order valence-electron chi connectivity index (χ2n) is 6.70. The highest BCUT2D eigenvalue weighted by Crippen LogP contribution is 2.22. The molecular weight excluding hydrogens is 415 g/mol. The molecule has 0 saturated heterocycles. The van der Waals surface area contributed by atoms with Crippen molar-refractivity contribution in [1.82, 2.24) is 0 Å². The average Bonchev–Trinajstić information content (AvgIpc) is 2.80. The standard InChI is InChI=1S/C24H21FN2O5/c25-17-6-8-18(9-7-17)27-23(29)16-31-24(30)15-14-22(28)26-19-10-12-21(13-11-19)32-20-4-2-1-3-5-20/h1-13H,14-16H2,(H,26,28)(H,27,29). The van der Waals surface area contributed by atoms with E-state index in [4.69, 9.17) is 9.47 Å². The van der Waals surface area contributed by atoms with Gasteiger partial charge in [0.05, 0.1) is 6.42 Å². The van der Waals surface area contributed by atoms with Gasteiger partial charge in [-0.1, -0.05) is 18.2 Å². The summed E-state index contributed by atoms with van der Waals surface area (Å²) in [5, 5.41) is 5.15. The molecule has 3 rings (SSSR count). The molecular formula is C24H21FN2O5. The van der Waals surface area contributed by atoms with Crippen molar-refractivity contribution in [1.29, 1.82) is 0 Å². The monoisotopic (exact) mass is 436 g/mol. The Kier molecular flexibility index (Phi) is 7.91. The number of benzene rings is 3. The number of para-hydroxylation sites is 1. The predicted octanol–water partition coefficient (Wildman–Crippen LogP) is 4.52. The minimum Gasteiger partial charge on any atom is -0.457 e. The van der Waals surface area contributed by atoms with Crippen LogP contribution in [0.15, 0.2) is 78.9 Å². The van der Waals surface area contributed by atoms with Gasteiger partial charge in [0.15, 0.2) is 6.61 Å². The molecule has 164 valence electrons. The summed E-state index contributed by atoms with van der Waals surface area (Å²) in [7, 11) is 0. The van der Waals surface area contributed by atoms with Crippen LogP contribution < -0.4 is 15.4 Å². The number of nitrogens with one attached hydrogen (secondary N) is 2. The van der Waals surface area contributed by atoms with Gasteiger partial charge in [-0.05, 0) is 60.7 Å². The second kappa shape index (κ2) is 11.3. The van der Waals surface area contributed by atoms with Crippen molar-refractivity contribution in [2.75, 3.05) is 17.2 Å². The first kappa shape index (κ1) is 22.5. The lowest BCUT2D eigenvalue weighted by Crippen LogP contribution is -2.21. The molecule has 0 unspecified atom stereocenters. The molecule has 3 aromatic rings. The molecule has 8 heteroatoms. The lowest BCUT2D eigenvalue weighted by Gasteiger charge is -2.08. The Balaban J connectivity index is 1.35.